The molecule has 2 rings (SSSR count). The number of methoxy groups -OCH3 is 2. The van der Waals surface area contributed by atoms with E-state index in [-0.39, 0.29) is 18.5 Å². The van der Waals surface area contributed by atoms with Gasteiger partial charge in [-0.05, 0) is 36.8 Å². The summed E-state index contributed by atoms with van der Waals surface area (Å²) in [5.41, 5.74) is 1.03. The number of hydrogen-bond acceptors (Lipinski definition) is 4. The first-order valence-corrected chi connectivity index (χ1v) is 7.64. The zero-order valence-electron chi connectivity index (χ0n) is 14.2. The number of rotatable bonds is 7. The van der Waals surface area contributed by atoms with Crippen molar-refractivity contribution in [3.05, 3.63) is 53.6 Å². The molecule has 25 heavy (non-hydrogen) atoms. The number of carbonyl (C=O) groups is 1. The Morgan fingerprint density at radius 1 is 1.08 bits per heavy atom. The smallest absolute Gasteiger partial charge is 0.238 e. The molecular weight excluding hydrogens is 330 g/mol. The molecule has 0 aliphatic heterocycles. The lowest BCUT2D eigenvalue weighted by Gasteiger charge is -2.15. The number of ether oxygens (including phenoxy) is 2. The zero-order valence-corrected chi connectivity index (χ0v) is 14.2. The fourth-order valence-corrected chi connectivity index (χ4v) is 2.25. The molecule has 0 bridgehead atoms. The van der Waals surface area contributed by atoms with Gasteiger partial charge in [0.05, 0.1) is 26.5 Å². The summed E-state index contributed by atoms with van der Waals surface area (Å²) in [5, 5.41) is 5.68. The Morgan fingerprint density at radius 3 is 2.48 bits per heavy atom. The summed E-state index contributed by atoms with van der Waals surface area (Å²) in [6.07, 6.45) is 0. The minimum atomic E-state index is -0.920. The van der Waals surface area contributed by atoms with Crippen molar-refractivity contribution in [2.75, 3.05) is 26.1 Å². The highest BCUT2D eigenvalue weighted by molar-refractivity contribution is 5.94. The molecule has 1 unspecified atom stereocenters. The molecular formula is C18H20F2N2O3. The first-order valence-electron chi connectivity index (χ1n) is 7.64. The average Bonchev–Trinajstić information content (AvgIpc) is 2.61. The number of hydrogen-bond donors (Lipinski definition) is 2. The van der Waals surface area contributed by atoms with Crippen LogP contribution < -0.4 is 20.1 Å². The Labute approximate surface area is 144 Å². The van der Waals surface area contributed by atoms with Crippen LogP contribution >= 0.6 is 0 Å². The highest BCUT2D eigenvalue weighted by Crippen LogP contribution is 2.28. The van der Waals surface area contributed by atoms with Crippen molar-refractivity contribution >= 4 is 11.6 Å². The fourth-order valence-electron chi connectivity index (χ4n) is 2.25. The van der Waals surface area contributed by atoms with Gasteiger partial charge in [0.25, 0.3) is 0 Å². The minimum absolute atomic E-state index is 0.0134. The van der Waals surface area contributed by atoms with Gasteiger partial charge in [-0.25, -0.2) is 8.78 Å². The quantitative estimate of drug-likeness (QED) is 0.805. The SMILES string of the molecule is COc1ccc(OC)c(NC(=O)CNC(C)c2ccc(F)c(F)c2)c1. The number of halogens is 2. The fraction of sp³-hybridized carbons (Fsp3) is 0.278. The van der Waals surface area contributed by atoms with E-state index in [4.69, 9.17) is 9.47 Å². The van der Waals surface area contributed by atoms with Crippen LogP contribution in [0.2, 0.25) is 0 Å². The molecule has 0 spiro atoms. The topological polar surface area (TPSA) is 59.6 Å². The molecule has 1 atom stereocenters. The number of carbonyl (C=O) groups excluding carboxylic acids is 1. The summed E-state index contributed by atoms with van der Waals surface area (Å²) in [4.78, 5) is 12.1. The lowest BCUT2D eigenvalue weighted by molar-refractivity contribution is -0.115. The molecule has 0 saturated carbocycles. The zero-order chi connectivity index (χ0) is 18.4. The molecule has 2 aromatic carbocycles. The highest BCUT2D eigenvalue weighted by Gasteiger charge is 2.12. The molecule has 1 amide bonds. The van der Waals surface area contributed by atoms with E-state index in [2.05, 4.69) is 10.6 Å². The van der Waals surface area contributed by atoms with Gasteiger partial charge in [-0.1, -0.05) is 6.07 Å². The first-order chi connectivity index (χ1) is 11.9. The molecule has 7 heteroatoms. The van der Waals surface area contributed by atoms with Crippen LogP contribution in [0.25, 0.3) is 0 Å². The van der Waals surface area contributed by atoms with Gasteiger partial charge in [0.15, 0.2) is 11.6 Å². The number of anilines is 1. The predicted molar refractivity (Wildman–Crippen MR) is 91.0 cm³/mol. The maximum atomic E-state index is 13.3. The van der Waals surface area contributed by atoms with Gasteiger partial charge in [0.2, 0.25) is 5.91 Å². The minimum Gasteiger partial charge on any atom is -0.497 e. The summed E-state index contributed by atoms with van der Waals surface area (Å²) < 4.78 is 36.6. The van der Waals surface area contributed by atoms with E-state index in [0.717, 1.165) is 12.1 Å². The monoisotopic (exact) mass is 350 g/mol. The summed E-state index contributed by atoms with van der Waals surface area (Å²) in [6.45, 7) is 1.74. The van der Waals surface area contributed by atoms with Crippen molar-refractivity contribution in [1.29, 1.82) is 0 Å². The van der Waals surface area contributed by atoms with E-state index in [1.165, 1.54) is 20.3 Å². The Morgan fingerprint density at radius 2 is 1.84 bits per heavy atom. The highest BCUT2D eigenvalue weighted by atomic mass is 19.2. The number of amides is 1. The maximum absolute atomic E-state index is 13.3. The van der Waals surface area contributed by atoms with Crippen molar-refractivity contribution in [1.82, 2.24) is 5.32 Å². The van der Waals surface area contributed by atoms with E-state index in [0.29, 0.717) is 22.7 Å². The lowest BCUT2D eigenvalue weighted by atomic mass is 10.1. The molecule has 0 heterocycles. The summed E-state index contributed by atoms with van der Waals surface area (Å²) in [6, 6.07) is 8.37. The van der Waals surface area contributed by atoms with Crippen LogP contribution in [0, 0.1) is 11.6 Å². The average molecular weight is 350 g/mol. The van der Waals surface area contributed by atoms with Crippen LogP contribution in [-0.2, 0) is 4.79 Å². The molecule has 0 fully saturated rings. The first kappa shape index (κ1) is 18.7. The Bertz CT molecular complexity index is 753. The summed E-state index contributed by atoms with van der Waals surface area (Å²) in [7, 11) is 3.03. The van der Waals surface area contributed by atoms with Gasteiger partial charge < -0.3 is 20.1 Å². The van der Waals surface area contributed by atoms with E-state index in [1.54, 1.807) is 25.1 Å². The van der Waals surface area contributed by atoms with Crippen molar-refractivity contribution < 1.29 is 23.0 Å². The van der Waals surface area contributed by atoms with Gasteiger partial charge in [0.1, 0.15) is 11.5 Å². The van der Waals surface area contributed by atoms with Gasteiger partial charge in [-0.15, -0.1) is 0 Å². The lowest BCUT2D eigenvalue weighted by Crippen LogP contribution is -2.30. The van der Waals surface area contributed by atoms with Crippen molar-refractivity contribution in [2.45, 2.75) is 13.0 Å². The number of benzene rings is 2. The van der Waals surface area contributed by atoms with Crippen LogP contribution in [-0.4, -0.2) is 26.7 Å². The normalized spacial score (nSPS) is 11.7. The van der Waals surface area contributed by atoms with Gasteiger partial charge >= 0.3 is 0 Å². The Balaban J connectivity index is 1.97. The van der Waals surface area contributed by atoms with Crippen molar-refractivity contribution in [2.24, 2.45) is 0 Å². The molecule has 5 nitrogen and oxygen atoms in total. The number of nitrogens with one attached hydrogen (secondary N) is 2. The van der Waals surface area contributed by atoms with Crippen LogP contribution in [0.15, 0.2) is 36.4 Å². The third-order valence-corrected chi connectivity index (χ3v) is 3.69. The summed E-state index contributed by atoms with van der Waals surface area (Å²) in [5.74, 6) is -1.04. The Kier molecular flexibility index (Phi) is 6.30. The van der Waals surface area contributed by atoms with Crippen molar-refractivity contribution in [3.8, 4) is 11.5 Å². The molecule has 2 N–H and O–H groups in total. The molecule has 0 aliphatic rings. The van der Waals surface area contributed by atoms with Gasteiger partial charge in [0, 0.05) is 12.1 Å². The van der Waals surface area contributed by atoms with E-state index < -0.39 is 11.6 Å². The van der Waals surface area contributed by atoms with Crippen LogP contribution in [0.1, 0.15) is 18.5 Å². The second kappa shape index (κ2) is 8.43. The van der Waals surface area contributed by atoms with Crippen LogP contribution in [0.3, 0.4) is 0 Å². The molecule has 0 aliphatic carbocycles. The van der Waals surface area contributed by atoms with Crippen LogP contribution in [0.4, 0.5) is 14.5 Å². The largest absolute Gasteiger partial charge is 0.497 e. The van der Waals surface area contributed by atoms with Crippen molar-refractivity contribution in [3.63, 3.8) is 0 Å². The molecule has 2 aromatic rings. The molecule has 0 radical (unpaired) electrons. The molecule has 134 valence electrons. The van der Waals surface area contributed by atoms with E-state index >= 15 is 0 Å². The van der Waals surface area contributed by atoms with Gasteiger partial charge in [-0.3, -0.25) is 4.79 Å². The second-order valence-corrected chi connectivity index (χ2v) is 5.39. The van der Waals surface area contributed by atoms with E-state index in [9.17, 15) is 13.6 Å². The maximum Gasteiger partial charge on any atom is 0.238 e. The summed E-state index contributed by atoms with van der Waals surface area (Å²) >= 11 is 0. The molecule has 0 saturated heterocycles. The molecule has 0 aromatic heterocycles. The van der Waals surface area contributed by atoms with Crippen LogP contribution in [0.5, 0.6) is 11.5 Å². The third-order valence-electron chi connectivity index (χ3n) is 3.69. The standard InChI is InChI=1S/C18H20F2N2O3/c1-11(12-4-6-14(19)15(20)8-12)21-10-18(23)22-16-9-13(24-2)5-7-17(16)25-3/h4-9,11,21H,10H2,1-3H3,(H,22,23). The second-order valence-electron chi connectivity index (χ2n) is 5.39. The Hall–Kier alpha value is -2.67. The third kappa shape index (κ3) is 4.90. The predicted octanol–water partition coefficient (Wildman–Crippen LogP) is 3.27. The van der Waals surface area contributed by atoms with Gasteiger partial charge in [-0.2, -0.15) is 0 Å². The van der Waals surface area contributed by atoms with E-state index in [1.807, 2.05) is 0 Å².